The molecule has 4 aromatic rings. The van der Waals surface area contributed by atoms with E-state index in [1.165, 1.54) is 10.4 Å². The van der Waals surface area contributed by atoms with Crippen LogP contribution in [-0.4, -0.2) is 20.2 Å². The van der Waals surface area contributed by atoms with Crippen molar-refractivity contribution < 1.29 is 9.59 Å². The second-order valence-corrected chi connectivity index (χ2v) is 10.8. The zero-order valence-corrected chi connectivity index (χ0v) is 17.6. The van der Waals surface area contributed by atoms with Gasteiger partial charge in [-0.3, -0.25) is 0 Å². The van der Waals surface area contributed by atoms with Gasteiger partial charge >= 0.3 is 0 Å². The Morgan fingerprint density at radius 2 is 0.774 bits per heavy atom. The van der Waals surface area contributed by atoms with E-state index in [1.807, 2.05) is 60.7 Å². The minimum Gasteiger partial charge on any atom is -0.211 e. The van der Waals surface area contributed by atoms with Crippen molar-refractivity contribution in [3.05, 3.63) is 109 Å². The fraction of sp³-hybridized carbons (Fsp3) is 0. The van der Waals surface area contributed by atoms with Crippen LogP contribution in [0.1, 0.15) is 0 Å². The molecule has 0 fully saturated rings. The highest BCUT2D eigenvalue weighted by atomic mass is 28.3. The third-order valence-corrected chi connectivity index (χ3v) is 10.2. The molecule has 31 heavy (non-hydrogen) atoms. The molecule has 0 radical (unpaired) electrons. The molecule has 4 rings (SSSR count). The summed E-state index contributed by atoms with van der Waals surface area (Å²) in [7, 11) is -2.67. The van der Waals surface area contributed by atoms with Crippen molar-refractivity contribution in [2.45, 2.75) is 0 Å². The molecule has 0 saturated heterocycles. The molecule has 4 aromatic carbocycles. The molecule has 4 nitrogen and oxygen atoms in total. The number of carbonyl (C=O) groups excluding carboxylic acids is 2. The maximum atomic E-state index is 10.7. The van der Waals surface area contributed by atoms with Gasteiger partial charge in [0, 0.05) is 0 Å². The second kappa shape index (κ2) is 9.12. The highest BCUT2D eigenvalue weighted by molar-refractivity contribution is 7.19. The third kappa shape index (κ3) is 3.85. The molecule has 0 heterocycles. The summed E-state index contributed by atoms with van der Waals surface area (Å²) >= 11 is 0. The molecule has 0 aliphatic carbocycles. The number of hydrogen-bond donors (Lipinski definition) is 0. The SMILES string of the molecule is O=C=Nc1ccc([Si](c2ccccc2)(c2ccccc2)c2ccc(N=C=O)cc2)cc1. The topological polar surface area (TPSA) is 58.9 Å². The zero-order chi connectivity index (χ0) is 21.5. The first-order valence-corrected chi connectivity index (χ1v) is 11.8. The van der Waals surface area contributed by atoms with E-state index in [9.17, 15) is 9.59 Å². The molecule has 0 atom stereocenters. The Labute approximate surface area is 181 Å². The lowest BCUT2D eigenvalue weighted by Crippen LogP contribution is -2.74. The Bertz CT molecular complexity index is 1160. The van der Waals surface area contributed by atoms with Crippen LogP contribution in [0.15, 0.2) is 119 Å². The zero-order valence-electron chi connectivity index (χ0n) is 16.6. The van der Waals surface area contributed by atoms with Crippen molar-refractivity contribution in [3.8, 4) is 0 Å². The van der Waals surface area contributed by atoms with Crippen LogP contribution in [0.5, 0.6) is 0 Å². The Hall–Kier alpha value is -4.14. The van der Waals surface area contributed by atoms with Crippen LogP contribution in [-0.2, 0) is 9.59 Å². The second-order valence-electron chi connectivity index (χ2n) is 6.98. The first-order valence-electron chi connectivity index (χ1n) is 9.77. The number of isocyanates is 2. The molecule has 0 amide bonds. The molecule has 148 valence electrons. The van der Waals surface area contributed by atoms with E-state index >= 15 is 0 Å². The van der Waals surface area contributed by atoms with Gasteiger partial charge in [-0.2, -0.15) is 9.98 Å². The molecule has 0 bridgehead atoms. The lowest BCUT2D eigenvalue weighted by atomic mass is 10.3. The molecular formula is C26H18N2O2Si. The summed E-state index contributed by atoms with van der Waals surface area (Å²) < 4.78 is 0. The Morgan fingerprint density at radius 3 is 1.10 bits per heavy atom. The predicted octanol–water partition coefficient (Wildman–Crippen LogP) is 3.00. The van der Waals surface area contributed by atoms with Gasteiger partial charge in [-0.15, -0.1) is 0 Å². The van der Waals surface area contributed by atoms with Gasteiger partial charge in [0.05, 0.1) is 11.4 Å². The number of aliphatic imine (C=N–C) groups is 2. The lowest BCUT2D eigenvalue weighted by Gasteiger charge is -2.34. The summed E-state index contributed by atoms with van der Waals surface area (Å²) in [5, 5.41) is 4.75. The van der Waals surface area contributed by atoms with E-state index in [-0.39, 0.29) is 0 Å². The lowest BCUT2D eigenvalue weighted by molar-refractivity contribution is 0.564. The predicted molar refractivity (Wildman–Crippen MR) is 126 cm³/mol. The summed E-state index contributed by atoms with van der Waals surface area (Å²) in [6.45, 7) is 0. The van der Waals surface area contributed by atoms with Gasteiger partial charge in [0.1, 0.15) is 0 Å². The van der Waals surface area contributed by atoms with Crippen LogP contribution in [0.2, 0.25) is 0 Å². The van der Waals surface area contributed by atoms with Crippen LogP contribution in [0.4, 0.5) is 11.4 Å². The van der Waals surface area contributed by atoms with E-state index in [2.05, 4.69) is 58.5 Å². The molecule has 0 unspecified atom stereocenters. The number of nitrogens with zero attached hydrogens (tertiary/aromatic N) is 2. The maximum Gasteiger partial charge on any atom is 0.240 e. The van der Waals surface area contributed by atoms with Crippen molar-refractivity contribution in [2.24, 2.45) is 9.98 Å². The fourth-order valence-corrected chi connectivity index (χ4v) is 8.77. The average molecular weight is 419 g/mol. The summed E-state index contributed by atoms with van der Waals surface area (Å²) in [5.74, 6) is 0. The van der Waals surface area contributed by atoms with E-state index in [0.717, 1.165) is 10.4 Å². The van der Waals surface area contributed by atoms with Gasteiger partial charge in [-0.25, -0.2) is 9.59 Å². The molecule has 0 saturated carbocycles. The summed E-state index contributed by atoms with van der Waals surface area (Å²) in [6.07, 6.45) is 3.20. The van der Waals surface area contributed by atoms with Crippen LogP contribution in [0.3, 0.4) is 0 Å². The largest absolute Gasteiger partial charge is 0.240 e. The van der Waals surface area contributed by atoms with Gasteiger partial charge in [-0.1, -0.05) is 84.9 Å². The van der Waals surface area contributed by atoms with Gasteiger partial charge in [0.15, 0.2) is 8.07 Å². The standard InChI is InChI=1S/C26H18N2O2Si/c29-19-27-21-11-15-25(16-12-21)31(23-7-3-1-4-8-23,24-9-5-2-6-10-24)26-17-13-22(14-18-26)28-20-30/h1-18H. The molecule has 0 spiro atoms. The normalized spacial score (nSPS) is 10.6. The molecule has 0 aliphatic heterocycles. The van der Waals surface area contributed by atoms with Gasteiger partial charge in [0.25, 0.3) is 0 Å². The molecular weight excluding hydrogens is 400 g/mol. The van der Waals surface area contributed by atoms with Gasteiger partial charge in [-0.05, 0) is 45.0 Å². The van der Waals surface area contributed by atoms with Crippen molar-refractivity contribution in [1.82, 2.24) is 0 Å². The highest BCUT2D eigenvalue weighted by Gasteiger charge is 2.41. The molecule has 0 aliphatic rings. The van der Waals surface area contributed by atoms with Crippen molar-refractivity contribution >= 4 is 52.4 Å². The quantitative estimate of drug-likeness (QED) is 0.209. The average Bonchev–Trinajstić information content (AvgIpc) is 2.83. The minimum absolute atomic E-state index is 0.568. The van der Waals surface area contributed by atoms with Crippen molar-refractivity contribution in [3.63, 3.8) is 0 Å². The highest BCUT2D eigenvalue weighted by Crippen LogP contribution is 2.15. The Balaban J connectivity index is 2.06. The molecule has 5 heteroatoms. The third-order valence-electron chi connectivity index (χ3n) is 5.36. The van der Waals surface area contributed by atoms with Crippen molar-refractivity contribution in [1.29, 1.82) is 0 Å². The van der Waals surface area contributed by atoms with E-state index in [4.69, 9.17) is 0 Å². The van der Waals surface area contributed by atoms with E-state index in [1.54, 1.807) is 12.2 Å². The minimum atomic E-state index is -2.67. The number of benzene rings is 4. The number of rotatable bonds is 6. The fourth-order valence-electron chi connectivity index (χ4n) is 4.05. The summed E-state index contributed by atoms with van der Waals surface area (Å²) in [4.78, 5) is 28.9. The van der Waals surface area contributed by atoms with Gasteiger partial charge < -0.3 is 0 Å². The number of hydrogen-bond acceptors (Lipinski definition) is 4. The van der Waals surface area contributed by atoms with Crippen LogP contribution in [0.25, 0.3) is 0 Å². The monoisotopic (exact) mass is 418 g/mol. The van der Waals surface area contributed by atoms with Crippen LogP contribution >= 0.6 is 0 Å². The smallest absolute Gasteiger partial charge is 0.211 e. The summed E-state index contributed by atoms with van der Waals surface area (Å²) in [5.41, 5.74) is 1.14. The first kappa shape index (κ1) is 20.1. The van der Waals surface area contributed by atoms with E-state index < -0.39 is 8.07 Å². The molecule has 0 aromatic heterocycles. The Morgan fingerprint density at radius 1 is 0.452 bits per heavy atom. The summed E-state index contributed by atoms with van der Waals surface area (Å²) in [6, 6.07) is 36.4. The van der Waals surface area contributed by atoms with Crippen LogP contribution < -0.4 is 20.7 Å². The first-order chi connectivity index (χ1) is 15.3. The maximum absolute atomic E-state index is 10.7. The Kier molecular flexibility index (Phi) is 5.93. The van der Waals surface area contributed by atoms with Crippen LogP contribution in [0, 0.1) is 0 Å². The van der Waals surface area contributed by atoms with Crippen molar-refractivity contribution in [2.75, 3.05) is 0 Å². The van der Waals surface area contributed by atoms with Gasteiger partial charge in [0.2, 0.25) is 12.2 Å². The molecule has 0 N–H and O–H groups in total. The van der Waals surface area contributed by atoms with E-state index in [0.29, 0.717) is 11.4 Å².